The van der Waals surface area contributed by atoms with Gasteiger partial charge in [0.25, 0.3) is 15.9 Å². The van der Waals surface area contributed by atoms with E-state index in [9.17, 15) is 13.2 Å². The average molecular weight is 391 g/mol. The number of hydrogen-bond donors (Lipinski definition) is 3. The molecule has 7 nitrogen and oxygen atoms in total. The maximum atomic E-state index is 12.5. The van der Waals surface area contributed by atoms with Gasteiger partial charge in [0.2, 0.25) is 0 Å². The fourth-order valence-corrected chi connectivity index (χ4v) is 3.42. The van der Waals surface area contributed by atoms with Crippen LogP contribution >= 0.6 is 0 Å². The Hall–Kier alpha value is -2.58. The molecule has 0 saturated carbocycles. The van der Waals surface area contributed by atoms with Crippen LogP contribution in [0.15, 0.2) is 53.4 Å². The smallest absolute Gasteiger partial charge is 0.261 e. The summed E-state index contributed by atoms with van der Waals surface area (Å²) in [6.45, 7) is 3.54. The number of anilines is 1. The standard InChI is InChI=1S/C19H25N3O4S/c1-2-26-17-9-7-16(8-10-17)22-27(24,25)18-11-5-15(6-12-18)19(23)21-14-4-3-13-20/h5-12,22H,2-4,13-14,20H2,1H3,(H,21,23). The summed E-state index contributed by atoms with van der Waals surface area (Å²) in [5.74, 6) is 0.428. The van der Waals surface area contributed by atoms with Gasteiger partial charge in [-0.1, -0.05) is 0 Å². The van der Waals surface area contributed by atoms with E-state index < -0.39 is 10.0 Å². The SMILES string of the molecule is CCOc1ccc(NS(=O)(=O)c2ccc(C(=O)NCCCCN)cc2)cc1. The first-order valence-corrected chi connectivity index (χ1v) is 10.3. The normalized spacial score (nSPS) is 11.0. The molecule has 2 aromatic rings. The Balaban J connectivity index is 2.00. The van der Waals surface area contributed by atoms with E-state index in [4.69, 9.17) is 10.5 Å². The number of nitrogens with one attached hydrogen (secondary N) is 2. The monoisotopic (exact) mass is 391 g/mol. The molecule has 27 heavy (non-hydrogen) atoms. The fraction of sp³-hybridized carbons (Fsp3) is 0.316. The molecule has 0 aromatic heterocycles. The zero-order valence-electron chi connectivity index (χ0n) is 15.3. The molecule has 0 bridgehead atoms. The lowest BCUT2D eigenvalue weighted by atomic mass is 10.2. The number of sulfonamides is 1. The summed E-state index contributed by atoms with van der Waals surface area (Å²) in [5, 5.41) is 2.78. The quantitative estimate of drug-likeness (QED) is 0.539. The Labute approximate surface area is 160 Å². The van der Waals surface area contributed by atoms with E-state index in [0.29, 0.717) is 36.7 Å². The number of rotatable bonds is 10. The highest BCUT2D eigenvalue weighted by Gasteiger charge is 2.15. The Kier molecular flexibility index (Phi) is 7.63. The van der Waals surface area contributed by atoms with E-state index in [1.807, 2.05) is 6.92 Å². The summed E-state index contributed by atoms with van der Waals surface area (Å²) in [6.07, 6.45) is 1.65. The summed E-state index contributed by atoms with van der Waals surface area (Å²) < 4.78 is 32.8. The van der Waals surface area contributed by atoms with Crippen molar-refractivity contribution >= 4 is 21.6 Å². The largest absolute Gasteiger partial charge is 0.494 e. The van der Waals surface area contributed by atoms with E-state index >= 15 is 0 Å². The lowest BCUT2D eigenvalue weighted by Gasteiger charge is -2.10. The molecule has 0 spiro atoms. The van der Waals surface area contributed by atoms with Gasteiger partial charge in [0.15, 0.2) is 0 Å². The second-order valence-corrected chi connectivity index (χ2v) is 7.52. The third-order valence-electron chi connectivity index (χ3n) is 3.76. The molecule has 2 aromatic carbocycles. The zero-order valence-corrected chi connectivity index (χ0v) is 16.1. The Morgan fingerprint density at radius 3 is 2.30 bits per heavy atom. The fourth-order valence-electron chi connectivity index (χ4n) is 2.36. The number of carbonyl (C=O) groups excluding carboxylic acids is 1. The van der Waals surface area contributed by atoms with Crippen molar-refractivity contribution in [3.8, 4) is 5.75 Å². The van der Waals surface area contributed by atoms with Crippen LogP contribution in [0, 0.1) is 0 Å². The van der Waals surface area contributed by atoms with Gasteiger partial charge in [0.05, 0.1) is 11.5 Å². The summed E-state index contributed by atoms with van der Waals surface area (Å²) in [6, 6.07) is 12.4. The number of nitrogens with two attached hydrogens (primary N) is 1. The highest BCUT2D eigenvalue weighted by molar-refractivity contribution is 7.92. The lowest BCUT2D eigenvalue weighted by Crippen LogP contribution is -2.25. The number of benzene rings is 2. The van der Waals surface area contributed by atoms with Gasteiger partial charge in [-0.05, 0) is 74.8 Å². The minimum atomic E-state index is -3.74. The van der Waals surface area contributed by atoms with E-state index in [0.717, 1.165) is 12.8 Å². The molecule has 2 rings (SSSR count). The van der Waals surface area contributed by atoms with Gasteiger partial charge in [0, 0.05) is 17.8 Å². The van der Waals surface area contributed by atoms with Gasteiger partial charge in [-0.3, -0.25) is 9.52 Å². The number of hydrogen-bond acceptors (Lipinski definition) is 5. The molecule has 0 atom stereocenters. The minimum absolute atomic E-state index is 0.0797. The highest BCUT2D eigenvalue weighted by atomic mass is 32.2. The molecule has 146 valence electrons. The molecular weight excluding hydrogens is 366 g/mol. The number of ether oxygens (including phenoxy) is 1. The van der Waals surface area contributed by atoms with Crippen LogP contribution in [-0.2, 0) is 10.0 Å². The maximum Gasteiger partial charge on any atom is 0.261 e. The van der Waals surface area contributed by atoms with Crippen molar-refractivity contribution < 1.29 is 17.9 Å². The van der Waals surface area contributed by atoms with Crippen LogP contribution in [0.25, 0.3) is 0 Å². The molecule has 0 unspecified atom stereocenters. The molecule has 4 N–H and O–H groups in total. The molecular formula is C19H25N3O4S. The molecule has 8 heteroatoms. The number of carbonyl (C=O) groups is 1. The maximum absolute atomic E-state index is 12.5. The molecule has 0 aliphatic heterocycles. The minimum Gasteiger partial charge on any atom is -0.494 e. The van der Waals surface area contributed by atoms with Crippen LogP contribution in [0.4, 0.5) is 5.69 Å². The third kappa shape index (κ3) is 6.26. The van der Waals surface area contributed by atoms with Crippen LogP contribution in [0.2, 0.25) is 0 Å². The number of amides is 1. The van der Waals surface area contributed by atoms with Crippen molar-refractivity contribution in [3.05, 3.63) is 54.1 Å². The summed E-state index contributed by atoms with van der Waals surface area (Å²) >= 11 is 0. The molecule has 0 saturated heterocycles. The van der Waals surface area contributed by atoms with Crippen molar-refractivity contribution in [2.75, 3.05) is 24.4 Å². The van der Waals surface area contributed by atoms with Gasteiger partial charge in [-0.2, -0.15) is 0 Å². The van der Waals surface area contributed by atoms with Crippen molar-refractivity contribution in [1.29, 1.82) is 0 Å². The second kappa shape index (κ2) is 9.94. The summed E-state index contributed by atoms with van der Waals surface area (Å²) in [4.78, 5) is 12.1. The van der Waals surface area contributed by atoms with Crippen LogP contribution in [0.1, 0.15) is 30.1 Å². The molecule has 0 radical (unpaired) electrons. The first kappa shape index (κ1) is 20.7. The van der Waals surface area contributed by atoms with Crippen molar-refractivity contribution in [3.63, 3.8) is 0 Å². The first-order chi connectivity index (χ1) is 13.0. The highest BCUT2D eigenvalue weighted by Crippen LogP contribution is 2.20. The molecule has 1 amide bonds. The number of unbranched alkanes of at least 4 members (excludes halogenated alkanes) is 1. The predicted octanol–water partition coefficient (Wildman–Crippen LogP) is 2.35. The summed E-state index contributed by atoms with van der Waals surface area (Å²) in [7, 11) is -3.74. The first-order valence-electron chi connectivity index (χ1n) is 8.80. The van der Waals surface area contributed by atoms with E-state index in [-0.39, 0.29) is 10.8 Å². The van der Waals surface area contributed by atoms with Crippen molar-refractivity contribution in [1.82, 2.24) is 5.32 Å². The zero-order chi connectivity index (χ0) is 19.7. The predicted molar refractivity (Wildman–Crippen MR) is 105 cm³/mol. The topological polar surface area (TPSA) is 111 Å². The lowest BCUT2D eigenvalue weighted by molar-refractivity contribution is 0.0953. The molecule has 0 aliphatic rings. The van der Waals surface area contributed by atoms with Gasteiger partial charge in [0.1, 0.15) is 5.75 Å². The molecule has 0 aliphatic carbocycles. The van der Waals surface area contributed by atoms with Crippen LogP contribution < -0.4 is 20.5 Å². The van der Waals surface area contributed by atoms with Crippen molar-refractivity contribution in [2.24, 2.45) is 5.73 Å². The van der Waals surface area contributed by atoms with E-state index in [2.05, 4.69) is 10.0 Å². The van der Waals surface area contributed by atoms with Crippen LogP contribution in [0.5, 0.6) is 5.75 Å². The van der Waals surface area contributed by atoms with E-state index in [1.54, 1.807) is 24.3 Å². The van der Waals surface area contributed by atoms with Crippen LogP contribution in [-0.4, -0.2) is 34.0 Å². The van der Waals surface area contributed by atoms with Gasteiger partial charge in [-0.25, -0.2) is 8.42 Å². The molecule has 0 fully saturated rings. The third-order valence-corrected chi connectivity index (χ3v) is 5.16. The Morgan fingerprint density at radius 1 is 1.04 bits per heavy atom. The van der Waals surface area contributed by atoms with E-state index in [1.165, 1.54) is 24.3 Å². The Bertz CT molecular complexity index is 834. The average Bonchev–Trinajstić information content (AvgIpc) is 2.67. The molecule has 0 heterocycles. The summed E-state index contributed by atoms with van der Waals surface area (Å²) in [5.41, 5.74) is 6.24. The second-order valence-electron chi connectivity index (χ2n) is 5.84. The Morgan fingerprint density at radius 2 is 1.70 bits per heavy atom. The van der Waals surface area contributed by atoms with Crippen molar-refractivity contribution in [2.45, 2.75) is 24.7 Å². The van der Waals surface area contributed by atoms with Gasteiger partial charge >= 0.3 is 0 Å². The van der Waals surface area contributed by atoms with Gasteiger partial charge in [-0.15, -0.1) is 0 Å². The van der Waals surface area contributed by atoms with Crippen LogP contribution in [0.3, 0.4) is 0 Å². The van der Waals surface area contributed by atoms with Gasteiger partial charge < -0.3 is 15.8 Å².